The largest absolute Gasteiger partial charge is 0.484 e. The van der Waals surface area contributed by atoms with Gasteiger partial charge in [0.2, 0.25) is 10.0 Å². The summed E-state index contributed by atoms with van der Waals surface area (Å²) in [6.45, 7) is 8.85. The highest BCUT2D eigenvalue weighted by Gasteiger charge is 2.25. The SMILES string of the molecule is CCOC(=O)N1CCN(C(=O)COc2ccc(S(=O)(=O)NC(C)(C)C)cc2)CC1. The molecule has 0 saturated carbocycles. The summed E-state index contributed by atoms with van der Waals surface area (Å²) < 4.78 is 37.6. The lowest BCUT2D eigenvalue weighted by atomic mass is 10.1. The predicted molar refractivity (Wildman–Crippen MR) is 107 cm³/mol. The third-order valence-corrected chi connectivity index (χ3v) is 5.87. The molecule has 162 valence electrons. The van der Waals surface area contributed by atoms with Crippen molar-refractivity contribution in [2.45, 2.75) is 38.1 Å². The summed E-state index contributed by atoms with van der Waals surface area (Å²) >= 11 is 0. The van der Waals surface area contributed by atoms with Crippen LogP contribution in [0.4, 0.5) is 4.79 Å². The van der Waals surface area contributed by atoms with Crippen molar-refractivity contribution in [3.8, 4) is 5.75 Å². The molecule has 1 N–H and O–H groups in total. The molecule has 2 rings (SSSR count). The quantitative estimate of drug-likeness (QED) is 0.737. The molecular weight excluding hydrogens is 398 g/mol. The lowest BCUT2D eigenvalue weighted by molar-refractivity contribution is -0.134. The van der Waals surface area contributed by atoms with Crippen LogP contribution in [-0.4, -0.2) is 75.1 Å². The van der Waals surface area contributed by atoms with Gasteiger partial charge in [0.15, 0.2) is 6.61 Å². The van der Waals surface area contributed by atoms with Gasteiger partial charge in [-0.15, -0.1) is 0 Å². The van der Waals surface area contributed by atoms with Crippen LogP contribution in [0.2, 0.25) is 0 Å². The Bertz CT molecular complexity index is 809. The Morgan fingerprint density at radius 3 is 2.10 bits per heavy atom. The Morgan fingerprint density at radius 1 is 1.03 bits per heavy atom. The number of piperazine rings is 1. The number of nitrogens with one attached hydrogen (secondary N) is 1. The molecular formula is C19H29N3O6S. The molecule has 0 bridgehead atoms. The van der Waals surface area contributed by atoms with Crippen molar-refractivity contribution in [2.75, 3.05) is 39.4 Å². The van der Waals surface area contributed by atoms with Gasteiger partial charge in [0.05, 0.1) is 11.5 Å². The van der Waals surface area contributed by atoms with Crippen LogP contribution in [0.25, 0.3) is 0 Å². The second-order valence-corrected chi connectivity index (χ2v) is 9.36. The summed E-state index contributed by atoms with van der Waals surface area (Å²) in [5, 5.41) is 0. The number of amides is 2. The third kappa shape index (κ3) is 6.90. The Labute approximate surface area is 172 Å². The summed E-state index contributed by atoms with van der Waals surface area (Å²) in [5.74, 6) is 0.206. The first-order valence-corrected chi connectivity index (χ1v) is 11.0. The highest BCUT2D eigenvalue weighted by atomic mass is 32.2. The minimum absolute atomic E-state index is 0.126. The molecule has 0 unspecified atom stereocenters. The molecule has 0 aliphatic carbocycles. The van der Waals surface area contributed by atoms with Crippen LogP contribution in [0.5, 0.6) is 5.75 Å². The molecule has 0 atom stereocenters. The molecule has 9 nitrogen and oxygen atoms in total. The average Bonchev–Trinajstić information content (AvgIpc) is 2.65. The standard InChI is InChI=1S/C19H29N3O6S/c1-5-27-18(24)22-12-10-21(11-13-22)17(23)14-28-15-6-8-16(9-7-15)29(25,26)20-19(2,3)4/h6-9,20H,5,10-14H2,1-4H3. The van der Waals surface area contributed by atoms with Crippen molar-refractivity contribution in [3.63, 3.8) is 0 Å². The van der Waals surface area contributed by atoms with Crippen LogP contribution in [0.1, 0.15) is 27.7 Å². The number of rotatable bonds is 6. The summed E-state index contributed by atoms with van der Waals surface area (Å²) in [5.41, 5.74) is -0.586. The molecule has 1 heterocycles. The van der Waals surface area contributed by atoms with Crippen molar-refractivity contribution in [2.24, 2.45) is 0 Å². The molecule has 1 saturated heterocycles. The number of carbonyl (C=O) groups excluding carboxylic acids is 2. The Kier molecular flexibility index (Phi) is 7.48. The van der Waals surface area contributed by atoms with E-state index in [4.69, 9.17) is 9.47 Å². The molecule has 1 aromatic carbocycles. The van der Waals surface area contributed by atoms with Gasteiger partial charge < -0.3 is 19.3 Å². The molecule has 1 fully saturated rings. The topological polar surface area (TPSA) is 105 Å². The van der Waals surface area contributed by atoms with Gasteiger partial charge in [-0.2, -0.15) is 0 Å². The second-order valence-electron chi connectivity index (χ2n) is 7.68. The van der Waals surface area contributed by atoms with Gasteiger partial charge in [-0.05, 0) is 52.0 Å². The molecule has 1 aliphatic heterocycles. The van der Waals surface area contributed by atoms with Crippen molar-refractivity contribution < 1.29 is 27.5 Å². The molecule has 10 heteroatoms. The number of carbonyl (C=O) groups is 2. The molecule has 0 radical (unpaired) electrons. The van der Waals surface area contributed by atoms with Gasteiger partial charge in [-0.25, -0.2) is 17.9 Å². The minimum Gasteiger partial charge on any atom is -0.484 e. The van der Waals surface area contributed by atoms with Gasteiger partial charge in [-0.3, -0.25) is 4.79 Å². The smallest absolute Gasteiger partial charge is 0.409 e. The van der Waals surface area contributed by atoms with Crippen molar-refractivity contribution in [1.29, 1.82) is 0 Å². The predicted octanol–water partition coefficient (Wildman–Crippen LogP) is 1.44. The summed E-state index contributed by atoms with van der Waals surface area (Å²) in [4.78, 5) is 27.3. The van der Waals surface area contributed by atoms with Gasteiger partial charge in [0.1, 0.15) is 5.75 Å². The van der Waals surface area contributed by atoms with Gasteiger partial charge in [0, 0.05) is 31.7 Å². The first-order valence-electron chi connectivity index (χ1n) is 9.48. The van der Waals surface area contributed by atoms with E-state index in [9.17, 15) is 18.0 Å². The van der Waals surface area contributed by atoms with E-state index in [1.165, 1.54) is 24.3 Å². The van der Waals surface area contributed by atoms with E-state index in [1.54, 1.807) is 37.5 Å². The maximum absolute atomic E-state index is 12.3. The average molecular weight is 428 g/mol. The molecule has 1 aliphatic rings. The normalized spacial score (nSPS) is 15.2. The van der Waals surface area contributed by atoms with E-state index >= 15 is 0 Å². The van der Waals surface area contributed by atoms with E-state index in [0.29, 0.717) is 38.5 Å². The number of ether oxygens (including phenoxy) is 2. The van der Waals surface area contributed by atoms with Crippen molar-refractivity contribution >= 4 is 22.0 Å². The zero-order chi connectivity index (χ0) is 21.7. The number of benzene rings is 1. The monoisotopic (exact) mass is 427 g/mol. The number of hydrogen-bond donors (Lipinski definition) is 1. The van der Waals surface area contributed by atoms with Crippen molar-refractivity contribution in [3.05, 3.63) is 24.3 Å². The molecule has 2 amide bonds. The van der Waals surface area contributed by atoms with Gasteiger partial charge >= 0.3 is 6.09 Å². The lowest BCUT2D eigenvalue weighted by Gasteiger charge is -2.33. The van der Waals surface area contributed by atoms with Crippen LogP contribution in [0, 0.1) is 0 Å². The van der Waals surface area contributed by atoms with E-state index in [-0.39, 0.29) is 23.5 Å². The maximum Gasteiger partial charge on any atom is 0.409 e. The third-order valence-electron chi connectivity index (χ3n) is 4.10. The Balaban J connectivity index is 1.84. The number of hydrogen-bond acceptors (Lipinski definition) is 6. The maximum atomic E-state index is 12.3. The van der Waals surface area contributed by atoms with Crippen LogP contribution >= 0.6 is 0 Å². The van der Waals surface area contributed by atoms with Crippen molar-refractivity contribution in [1.82, 2.24) is 14.5 Å². The summed E-state index contributed by atoms with van der Waals surface area (Å²) in [7, 11) is -3.62. The highest BCUT2D eigenvalue weighted by Crippen LogP contribution is 2.18. The fourth-order valence-corrected chi connectivity index (χ4v) is 4.19. The minimum atomic E-state index is -3.62. The first-order chi connectivity index (χ1) is 13.5. The van der Waals surface area contributed by atoms with Crippen LogP contribution < -0.4 is 9.46 Å². The fraction of sp³-hybridized carbons (Fsp3) is 0.579. The number of nitrogens with zero attached hydrogens (tertiary/aromatic N) is 2. The number of sulfonamides is 1. The van der Waals surface area contributed by atoms with Crippen LogP contribution in [-0.2, 0) is 19.6 Å². The van der Waals surface area contributed by atoms with E-state index in [1.807, 2.05) is 0 Å². The lowest BCUT2D eigenvalue weighted by Crippen LogP contribution is -2.51. The van der Waals surface area contributed by atoms with E-state index in [0.717, 1.165) is 0 Å². The Morgan fingerprint density at radius 2 is 1.59 bits per heavy atom. The van der Waals surface area contributed by atoms with Gasteiger partial charge in [-0.1, -0.05) is 0 Å². The van der Waals surface area contributed by atoms with E-state index < -0.39 is 15.6 Å². The summed E-state index contributed by atoms with van der Waals surface area (Å²) in [6.07, 6.45) is -0.369. The zero-order valence-corrected chi connectivity index (χ0v) is 18.1. The Hall–Kier alpha value is -2.33. The highest BCUT2D eigenvalue weighted by molar-refractivity contribution is 7.89. The molecule has 0 aromatic heterocycles. The molecule has 0 spiro atoms. The van der Waals surface area contributed by atoms with Crippen LogP contribution in [0.15, 0.2) is 29.2 Å². The first kappa shape index (κ1) is 23.0. The molecule has 1 aromatic rings. The second kappa shape index (κ2) is 9.45. The van der Waals surface area contributed by atoms with Crippen LogP contribution in [0.3, 0.4) is 0 Å². The van der Waals surface area contributed by atoms with Gasteiger partial charge in [0.25, 0.3) is 5.91 Å². The molecule has 29 heavy (non-hydrogen) atoms. The summed E-state index contributed by atoms with van der Waals surface area (Å²) in [6, 6.07) is 5.91. The van der Waals surface area contributed by atoms with E-state index in [2.05, 4.69) is 4.72 Å². The zero-order valence-electron chi connectivity index (χ0n) is 17.3. The fourth-order valence-electron chi connectivity index (χ4n) is 2.77.